The molecule has 0 fully saturated rings. The van der Waals surface area contributed by atoms with Crippen LogP contribution in [0, 0.1) is 0 Å². The third kappa shape index (κ3) is 12.2. The van der Waals surface area contributed by atoms with E-state index >= 15 is 0 Å². The van der Waals surface area contributed by atoms with Crippen LogP contribution >= 0.6 is 0 Å². The summed E-state index contributed by atoms with van der Waals surface area (Å²) >= 11 is 0. The van der Waals surface area contributed by atoms with Crippen LogP contribution in [0.2, 0.25) is 0 Å². The summed E-state index contributed by atoms with van der Waals surface area (Å²) < 4.78 is 0. The molecule has 0 heterocycles. The van der Waals surface area contributed by atoms with Crippen molar-refractivity contribution in [3.05, 3.63) is 59.7 Å². The number of amides is 1. The third-order valence-electron chi connectivity index (χ3n) is 6.58. The monoisotopic (exact) mass is 494 g/mol. The van der Waals surface area contributed by atoms with Crippen LogP contribution in [0.15, 0.2) is 53.6 Å². The lowest BCUT2D eigenvalue weighted by molar-refractivity contribution is -0.121. The maximum atomic E-state index is 12.4. The molecule has 5 nitrogen and oxygen atoms in total. The van der Waals surface area contributed by atoms with Gasteiger partial charge in [-0.2, -0.15) is 5.10 Å². The Kier molecular flexibility index (Phi) is 15.1. The molecule has 0 saturated carbocycles. The van der Waals surface area contributed by atoms with E-state index in [4.69, 9.17) is 0 Å². The second-order valence-electron chi connectivity index (χ2n) is 9.76. The summed E-state index contributed by atoms with van der Waals surface area (Å²) in [5.41, 5.74) is 4.32. The molecule has 0 atom stereocenters. The van der Waals surface area contributed by atoms with Crippen molar-refractivity contribution in [3.8, 4) is 11.5 Å². The fourth-order valence-corrected chi connectivity index (χ4v) is 4.43. The van der Waals surface area contributed by atoms with Gasteiger partial charge in [-0.1, -0.05) is 127 Å². The van der Waals surface area contributed by atoms with Crippen molar-refractivity contribution in [2.24, 2.45) is 5.10 Å². The largest absolute Gasteiger partial charge is 0.508 e. The second kappa shape index (κ2) is 18.4. The number of hydrazone groups is 1. The van der Waals surface area contributed by atoms with Crippen LogP contribution < -0.4 is 5.43 Å². The minimum atomic E-state index is -0.128. The van der Waals surface area contributed by atoms with Gasteiger partial charge in [0, 0.05) is 23.6 Å². The lowest BCUT2D eigenvalue weighted by Gasteiger charge is -2.10. The number of nitrogens with one attached hydrogen (secondary N) is 1. The maximum Gasteiger partial charge on any atom is 0.240 e. The zero-order chi connectivity index (χ0) is 25.8. The molecular weight excluding hydrogens is 448 g/mol. The van der Waals surface area contributed by atoms with E-state index in [2.05, 4.69) is 17.5 Å². The highest BCUT2D eigenvalue weighted by molar-refractivity contribution is 6.14. The van der Waals surface area contributed by atoms with Crippen molar-refractivity contribution in [1.82, 2.24) is 5.43 Å². The topological polar surface area (TPSA) is 81.9 Å². The molecule has 0 unspecified atom stereocenters. The van der Waals surface area contributed by atoms with Crippen LogP contribution in [0.3, 0.4) is 0 Å². The Labute approximate surface area is 218 Å². The molecule has 0 spiro atoms. The fourth-order valence-electron chi connectivity index (χ4n) is 4.43. The summed E-state index contributed by atoms with van der Waals surface area (Å²) in [7, 11) is 0. The summed E-state index contributed by atoms with van der Waals surface area (Å²) in [6.07, 6.45) is 19.9. The summed E-state index contributed by atoms with van der Waals surface area (Å²) in [6, 6.07) is 13.7. The molecule has 0 aliphatic rings. The van der Waals surface area contributed by atoms with Crippen LogP contribution in [-0.2, 0) is 4.79 Å². The zero-order valence-corrected chi connectivity index (χ0v) is 22.2. The number of nitrogens with zero attached hydrogens (tertiary/aromatic N) is 1. The molecule has 0 saturated heterocycles. The quantitative estimate of drug-likeness (QED) is 0.104. The highest BCUT2D eigenvalue weighted by Crippen LogP contribution is 2.25. The second-order valence-corrected chi connectivity index (χ2v) is 9.76. The minimum absolute atomic E-state index is 0.0270. The number of phenolic OH excluding ortho intramolecular Hbond substituents is 2. The molecule has 0 aliphatic carbocycles. The average molecular weight is 495 g/mol. The third-order valence-corrected chi connectivity index (χ3v) is 6.58. The van der Waals surface area contributed by atoms with Crippen molar-refractivity contribution in [2.75, 3.05) is 0 Å². The smallest absolute Gasteiger partial charge is 0.240 e. The Bertz CT molecular complexity index is 896. The fraction of sp³-hybridized carbons (Fsp3) is 0.548. The first-order valence-corrected chi connectivity index (χ1v) is 14.1. The molecule has 198 valence electrons. The number of phenols is 2. The standard InChI is InChI=1S/C31H46N2O3/c1-2-3-4-5-6-7-8-9-10-11-12-13-14-15-19-22-30(36)32-33-31(26-20-17-16-18-21-26)28-24-23-27(34)25-29(28)35/h16-18,20-21,23-25,34-35H,2-15,19,22H2,1H3,(H,32,36)/b33-31-. The molecule has 2 aromatic rings. The summed E-state index contributed by atoms with van der Waals surface area (Å²) in [6.45, 7) is 2.27. The first-order chi connectivity index (χ1) is 17.6. The number of rotatable bonds is 19. The number of unbranched alkanes of at least 4 members (excludes halogenated alkanes) is 14. The van der Waals surface area contributed by atoms with E-state index in [1.165, 1.54) is 95.6 Å². The molecule has 2 aromatic carbocycles. The number of carbonyl (C=O) groups is 1. The van der Waals surface area contributed by atoms with E-state index < -0.39 is 0 Å². The molecule has 0 aliphatic heterocycles. The lowest BCUT2D eigenvalue weighted by Crippen LogP contribution is -2.20. The van der Waals surface area contributed by atoms with Gasteiger partial charge < -0.3 is 10.2 Å². The Morgan fingerprint density at radius 3 is 1.78 bits per heavy atom. The molecule has 2 rings (SSSR count). The van der Waals surface area contributed by atoms with E-state index in [0.717, 1.165) is 18.4 Å². The van der Waals surface area contributed by atoms with Crippen LogP contribution in [0.25, 0.3) is 0 Å². The zero-order valence-electron chi connectivity index (χ0n) is 22.2. The van der Waals surface area contributed by atoms with Crippen molar-refractivity contribution < 1.29 is 15.0 Å². The molecule has 3 N–H and O–H groups in total. The van der Waals surface area contributed by atoms with Crippen LogP contribution in [-0.4, -0.2) is 21.8 Å². The predicted octanol–water partition coefficient (Wildman–Crippen LogP) is 8.23. The van der Waals surface area contributed by atoms with Gasteiger partial charge >= 0.3 is 0 Å². The summed E-state index contributed by atoms with van der Waals surface area (Å²) in [5.74, 6) is -0.244. The summed E-state index contributed by atoms with van der Waals surface area (Å²) in [5, 5.41) is 24.2. The van der Waals surface area contributed by atoms with Crippen LogP contribution in [0.1, 0.15) is 121 Å². The maximum absolute atomic E-state index is 12.4. The number of aromatic hydroxyl groups is 2. The van der Waals surface area contributed by atoms with Crippen molar-refractivity contribution in [2.45, 2.75) is 110 Å². The Hall–Kier alpha value is -2.82. The van der Waals surface area contributed by atoms with E-state index in [9.17, 15) is 15.0 Å². The van der Waals surface area contributed by atoms with E-state index in [0.29, 0.717) is 17.7 Å². The highest BCUT2D eigenvalue weighted by atomic mass is 16.3. The van der Waals surface area contributed by atoms with Gasteiger partial charge in [-0.3, -0.25) is 4.79 Å². The SMILES string of the molecule is CCCCCCCCCCCCCCCCCC(=O)N/N=C(/c1ccccc1)c1ccc(O)cc1O. The Morgan fingerprint density at radius 2 is 1.25 bits per heavy atom. The summed E-state index contributed by atoms with van der Waals surface area (Å²) in [4.78, 5) is 12.4. The molecule has 1 amide bonds. The van der Waals surface area contributed by atoms with Crippen molar-refractivity contribution in [3.63, 3.8) is 0 Å². The predicted molar refractivity (Wildman–Crippen MR) is 150 cm³/mol. The van der Waals surface area contributed by atoms with Gasteiger partial charge in [0.2, 0.25) is 5.91 Å². The molecule has 36 heavy (non-hydrogen) atoms. The van der Waals surface area contributed by atoms with E-state index in [-0.39, 0.29) is 17.4 Å². The van der Waals surface area contributed by atoms with Crippen molar-refractivity contribution in [1.29, 1.82) is 0 Å². The molecule has 0 bridgehead atoms. The van der Waals surface area contributed by atoms with Crippen molar-refractivity contribution >= 4 is 11.6 Å². The number of carbonyl (C=O) groups excluding carboxylic acids is 1. The Balaban J connectivity index is 1.60. The van der Waals surface area contributed by atoms with Crippen LogP contribution in [0.5, 0.6) is 11.5 Å². The normalized spacial score (nSPS) is 11.5. The van der Waals surface area contributed by atoms with Gasteiger partial charge in [0.15, 0.2) is 0 Å². The lowest BCUT2D eigenvalue weighted by atomic mass is 10.0. The van der Waals surface area contributed by atoms with Gasteiger partial charge in [0.1, 0.15) is 17.2 Å². The van der Waals surface area contributed by atoms with Gasteiger partial charge in [0.05, 0.1) is 0 Å². The number of hydrogen-bond donors (Lipinski definition) is 3. The number of hydrogen-bond acceptors (Lipinski definition) is 4. The van der Waals surface area contributed by atoms with Gasteiger partial charge in [0.25, 0.3) is 0 Å². The van der Waals surface area contributed by atoms with Crippen LogP contribution in [0.4, 0.5) is 0 Å². The average Bonchev–Trinajstić information content (AvgIpc) is 2.88. The first-order valence-electron chi connectivity index (χ1n) is 14.1. The van der Waals surface area contributed by atoms with E-state index in [1.54, 1.807) is 6.07 Å². The van der Waals surface area contributed by atoms with Gasteiger partial charge in [-0.05, 0) is 18.6 Å². The molecule has 0 radical (unpaired) electrons. The number of benzene rings is 2. The molecular formula is C31H46N2O3. The van der Waals surface area contributed by atoms with Gasteiger partial charge in [-0.15, -0.1) is 0 Å². The minimum Gasteiger partial charge on any atom is -0.508 e. The first kappa shape index (κ1) is 29.4. The Morgan fingerprint density at radius 1 is 0.722 bits per heavy atom. The molecule has 5 heteroatoms. The highest BCUT2D eigenvalue weighted by Gasteiger charge is 2.13. The van der Waals surface area contributed by atoms with E-state index in [1.807, 2.05) is 30.3 Å². The van der Waals surface area contributed by atoms with Gasteiger partial charge in [-0.25, -0.2) is 5.43 Å². The molecule has 0 aromatic heterocycles.